The zero-order valence-electron chi connectivity index (χ0n) is 8.92. The van der Waals surface area contributed by atoms with Gasteiger partial charge in [-0.05, 0) is 0 Å². The molecule has 0 aromatic rings. The van der Waals surface area contributed by atoms with Crippen molar-refractivity contribution < 1.29 is 24.2 Å². The van der Waals surface area contributed by atoms with E-state index in [0.717, 1.165) is 0 Å². The van der Waals surface area contributed by atoms with Crippen LogP contribution in [-0.4, -0.2) is 60.9 Å². The minimum atomic E-state index is -1.01. The van der Waals surface area contributed by atoms with Crippen LogP contribution in [0.3, 0.4) is 0 Å². The molecule has 2 saturated heterocycles. The molecule has 2 rings (SSSR count). The molecule has 0 aromatic carbocycles. The second kappa shape index (κ2) is 4.80. The summed E-state index contributed by atoms with van der Waals surface area (Å²) >= 11 is 0. The van der Waals surface area contributed by atoms with Crippen LogP contribution in [-0.2, 0) is 19.1 Å². The van der Waals surface area contributed by atoms with E-state index in [1.54, 1.807) is 4.90 Å². The molecule has 1 amide bonds. The number of nitrogens with zero attached hydrogens (tertiary/aromatic N) is 1. The molecule has 2 aliphatic heterocycles. The molecular formula is C10H15NO5. The lowest BCUT2D eigenvalue weighted by molar-refractivity contribution is -0.160. The van der Waals surface area contributed by atoms with E-state index in [1.165, 1.54) is 0 Å². The summed E-state index contributed by atoms with van der Waals surface area (Å²) in [5, 5.41) is 8.79. The first-order chi connectivity index (χ1) is 7.66. The quantitative estimate of drug-likeness (QED) is 0.695. The van der Waals surface area contributed by atoms with Gasteiger partial charge in [0.1, 0.15) is 0 Å². The van der Waals surface area contributed by atoms with Crippen molar-refractivity contribution in [2.24, 2.45) is 5.92 Å². The van der Waals surface area contributed by atoms with Crippen LogP contribution in [0.25, 0.3) is 0 Å². The first kappa shape index (κ1) is 11.3. The number of carbonyl (C=O) groups excluding carboxylic acids is 1. The van der Waals surface area contributed by atoms with Gasteiger partial charge in [0.05, 0.1) is 26.4 Å². The van der Waals surface area contributed by atoms with Crippen molar-refractivity contribution in [3.8, 4) is 0 Å². The zero-order chi connectivity index (χ0) is 11.5. The number of morpholine rings is 1. The summed E-state index contributed by atoms with van der Waals surface area (Å²) in [7, 11) is 0. The highest BCUT2D eigenvalue weighted by Gasteiger charge is 2.31. The van der Waals surface area contributed by atoms with Crippen LogP contribution < -0.4 is 0 Å². The summed E-state index contributed by atoms with van der Waals surface area (Å²) in [5.74, 6) is -0.703. The van der Waals surface area contributed by atoms with E-state index >= 15 is 0 Å². The van der Waals surface area contributed by atoms with Gasteiger partial charge in [0.15, 0.2) is 6.10 Å². The Morgan fingerprint density at radius 2 is 2.12 bits per heavy atom. The van der Waals surface area contributed by atoms with Gasteiger partial charge in [0.2, 0.25) is 5.91 Å². The van der Waals surface area contributed by atoms with Gasteiger partial charge in [0.25, 0.3) is 0 Å². The van der Waals surface area contributed by atoms with E-state index in [0.29, 0.717) is 38.7 Å². The highest BCUT2D eigenvalue weighted by molar-refractivity contribution is 5.79. The third-order valence-corrected chi connectivity index (χ3v) is 2.86. The Kier molecular flexibility index (Phi) is 3.40. The van der Waals surface area contributed by atoms with E-state index in [1.807, 2.05) is 0 Å². The number of hydrogen-bond donors (Lipinski definition) is 1. The standard InChI is InChI=1S/C10H15NO5/c12-9(3-7-5-15-6-7)11-1-2-16-8(4-11)10(13)14/h7-8H,1-6H2,(H,13,14). The number of rotatable bonds is 3. The molecule has 0 aromatic heterocycles. The van der Waals surface area contributed by atoms with Crippen molar-refractivity contribution in [2.45, 2.75) is 12.5 Å². The van der Waals surface area contributed by atoms with E-state index in [-0.39, 0.29) is 12.5 Å². The Labute approximate surface area is 93.1 Å². The number of carboxylic acid groups (broad SMARTS) is 1. The van der Waals surface area contributed by atoms with Crippen molar-refractivity contribution in [3.05, 3.63) is 0 Å². The van der Waals surface area contributed by atoms with E-state index < -0.39 is 12.1 Å². The molecule has 1 unspecified atom stereocenters. The smallest absolute Gasteiger partial charge is 0.334 e. The van der Waals surface area contributed by atoms with Crippen LogP contribution in [0.2, 0.25) is 0 Å². The Hall–Kier alpha value is -1.14. The first-order valence-corrected chi connectivity index (χ1v) is 5.36. The molecule has 90 valence electrons. The van der Waals surface area contributed by atoms with Crippen LogP contribution in [0.5, 0.6) is 0 Å². The summed E-state index contributed by atoms with van der Waals surface area (Å²) in [6, 6.07) is 0. The van der Waals surface area contributed by atoms with Gasteiger partial charge in [-0.2, -0.15) is 0 Å². The lowest BCUT2D eigenvalue weighted by Gasteiger charge is -2.33. The Morgan fingerprint density at radius 1 is 1.38 bits per heavy atom. The summed E-state index contributed by atoms with van der Waals surface area (Å²) in [5.41, 5.74) is 0. The molecular weight excluding hydrogens is 214 g/mol. The molecule has 0 saturated carbocycles. The maximum absolute atomic E-state index is 11.8. The van der Waals surface area contributed by atoms with Gasteiger partial charge in [-0.15, -0.1) is 0 Å². The van der Waals surface area contributed by atoms with Crippen LogP contribution in [0.1, 0.15) is 6.42 Å². The van der Waals surface area contributed by atoms with Crippen molar-refractivity contribution in [1.82, 2.24) is 4.90 Å². The van der Waals surface area contributed by atoms with Crippen LogP contribution >= 0.6 is 0 Å². The summed E-state index contributed by atoms with van der Waals surface area (Å²) in [4.78, 5) is 24.1. The number of carboxylic acids is 1. The zero-order valence-corrected chi connectivity index (χ0v) is 8.92. The number of ether oxygens (including phenoxy) is 2. The average molecular weight is 229 g/mol. The lowest BCUT2D eigenvalue weighted by atomic mass is 10.0. The normalized spacial score (nSPS) is 26.2. The number of amides is 1. The maximum Gasteiger partial charge on any atom is 0.334 e. The number of hydrogen-bond acceptors (Lipinski definition) is 4. The minimum absolute atomic E-state index is 0.00264. The highest BCUT2D eigenvalue weighted by atomic mass is 16.5. The van der Waals surface area contributed by atoms with E-state index in [2.05, 4.69) is 0 Å². The highest BCUT2D eigenvalue weighted by Crippen LogP contribution is 2.17. The van der Waals surface area contributed by atoms with Crippen molar-refractivity contribution in [1.29, 1.82) is 0 Å². The topological polar surface area (TPSA) is 76.1 Å². The van der Waals surface area contributed by atoms with Gasteiger partial charge < -0.3 is 19.5 Å². The van der Waals surface area contributed by atoms with Gasteiger partial charge in [-0.25, -0.2) is 4.79 Å². The van der Waals surface area contributed by atoms with Crippen LogP contribution in [0.15, 0.2) is 0 Å². The average Bonchev–Trinajstić information content (AvgIpc) is 2.23. The molecule has 2 fully saturated rings. The second-order valence-corrected chi connectivity index (χ2v) is 4.15. The molecule has 2 heterocycles. The molecule has 0 spiro atoms. The van der Waals surface area contributed by atoms with Gasteiger partial charge in [-0.1, -0.05) is 0 Å². The summed E-state index contributed by atoms with van der Waals surface area (Å²) in [6.07, 6.45) is -0.429. The predicted octanol–water partition coefficient (Wildman–Crippen LogP) is -0.665. The van der Waals surface area contributed by atoms with Gasteiger partial charge in [-0.3, -0.25) is 4.79 Å². The van der Waals surface area contributed by atoms with Crippen LogP contribution in [0.4, 0.5) is 0 Å². The SMILES string of the molecule is O=C(O)C1CN(C(=O)CC2COC2)CCO1. The Bertz CT molecular complexity index is 289. The largest absolute Gasteiger partial charge is 0.479 e. The molecule has 0 radical (unpaired) electrons. The third kappa shape index (κ3) is 2.51. The van der Waals surface area contributed by atoms with E-state index in [4.69, 9.17) is 14.6 Å². The summed E-state index contributed by atoms with van der Waals surface area (Å²) in [6.45, 7) is 2.21. The maximum atomic E-state index is 11.8. The number of carbonyl (C=O) groups is 2. The Balaban J connectivity index is 1.83. The Morgan fingerprint density at radius 3 is 2.69 bits per heavy atom. The molecule has 0 aliphatic carbocycles. The van der Waals surface area contributed by atoms with Crippen molar-refractivity contribution >= 4 is 11.9 Å². The minimum Gasteiger partial charge on any atom is -0.479 e. The van der Waals surface area contributed by atoms with Gasteiger partial charge >= 0.3 is 5.97 Å². The van der Waals surface area contributed by atoms with Gasteiger partial charge in [0, 0.05) is 18.9 Å². The molecule has 0 bridgehead atoms. The molecule has 6 nitrogen and oxygen atoms in total. The van der Waals surface area contributed by atoms with E-state index in [9.17, 15) is 9.59 Å². The fourth-order valence-corrected chi connectivity index (χ4v) is 1.80. The fourth-order valence-electron chi connectivity index (χ4n) is 1.80. The molecule has 6 heteroatoms. The first-order valence-electron chi connectivity index (χ1n) is 5.36. The fraction of sp³-hybridized carbons (Fsp3) is 0.800. The third-order valence-electron chi connectivity index (χ3n) is 2.86. The molecule has 1 atom stereocenters. The second-order valence-electron chi connectivity index (χ2n) is 4.15. The molecule has 16 heavy (non-hydrogen) atoms. The predicted molar refractivity (Wildman–Crippen MR) is 52.9 cm³/mol. The monoisotopic (exact) mass is 229 g/mol. The van der Waals surface area contributed by atoms with Crippen molar-refractivity contribution in [2.75, 3.05) is 32.9 Å². The van der Waals surface area contributed by atoms with Crippen molar-refractivity contribution in [3.63, 3.8) is 0 Å². The molecule has 1 N–H and O–H groups in total. The number of aliphatic carboxylic acids is 1. The lowest BCUT2D eigenvalue weighted by Crippen LogP contribution is -2.49. The summed E-state index contributed by atoms with van der Waals surface area (Å²) < 4.78 is 10.0. The van der Waals surface area contributed by atoms with Crippen LogP contribution in [0, 0.1) is 5.92 Å². The molecule has 2 aliphatic rings.